The Labute approximate surface area is 53.3 Å². The Balaban J connectivity index is 3.21. The van der Waals surface area contributed by atoms with Gasteiger partial charge in [0.25, 0.3) is 0 Å². The van der Waals surface area contributed by atoms with Gasteiger partial charge in [-0.05, 0) is 6.42 Å². The van der Waals surface area contributed by atoms with Crippen LogP contribution in [0.25, 0.3) is 0 Å². The average Bonchev–Trinajstić information content (AvgIpc) is 1.83. The molecule has 0 saturated carbocycles. The predicted octanol–water partition coefficient (Wildman–Crippen LogP) is 0.350. The molecule has 0 aromatic carbocycles. The monoisotopic (exact) mass is 134 g/mol. The van der Waals surface area contributed by atoms with Crippen molar-refractivity contribution in [2.24, 2.45) is 9.54 Å². The van der Waals surface area contributed by atoms with E-state index >= 15 is 0 Å². The van der Waals surface area contributed by atoms with Crippen LogP contribution in [0.2, 0.25) is 0 Å². The van der Waals surface area contributed by atoms with Crippen LogP contribution in [-0.2, 0) is 0 Å². The highest BCUT2D eigenvalue weighted by atomic mass is 32.2. The van der Waals surface area contributed by atoms with Crippen molar-refractivity contribution in [1.29, 1.82) is 0 Å². The molecule has 0 aromatic rings. The molecular formula is C4H10N2OS. The maximum absolute atomic E-state index is 8.77. The van der Waals surface area contributed by atoms with E-state index < -0.39 is 6.10 Å². The fourth-order valence-corrected chi connectivity index (χ4v) is 0.422. The molecule has 0 aromatic heterocycles. The third kappa shape index (κ3) is 4.11. The summed E-state index contributed by atoms with van der Waals surface area (Å²) in [6.07, 6.45) is 1.67. The summed E-state index contributed by atoms with van der Waals surface area (Å²) in [6.45, 7) is 1.87. The molecule has 0 amide bonds. The standard InChI is InChI=1S/C4H10N2OS/c1-2-4(7)3-6-8-5/h3-4,7H,2,5H2,1H3/b6-3-. The minimum atomic E-state index is -0.439. The van der Waals surface area contributed by atoms with Crippen molar-refractivity contribution in [2.45, 2.75) is 19.4 Å². The van der Waals surface area contributed by atoms with Gasteiger partial charge in [-0.25, -0.2) is 4.40 Å². The maximum Gasteiger partial charge on any atom is 0.0895 e. The van der Waals surface area contributed by atoms with Crippen LogP contribution < -0.4 is 5.14 Å². The third-order valence-corrected chi connectivity index (χ3v) is 0.956. The van der Waals surface area contributed by atoms with Gasteiger partial charge in [-0.1, -0.05) is 6.92 Å². The van der Waals surface area contributed by atoms with E-state index in [2.05, 4.69) is 4.40 Å². The summed E-state index contributed by atoms with van der Waals surface area (Å²) in [7, 11) is 0. The Morgan fingerprint density at radius 1 is 2.00 bits per heavy atom. The van der Waals surface area contributed by atoms with Crippen LogP contribution in [0.4, 0.5) is 0 Å². The summed E-state index contributed by atoms with van der Waals surface area (Å²) < 4.78 is 3.56. The first-order valence-corrected chi connectivity index (χ1v) is 3.22. The van der Waals surface area contributed by atoms with Crippen molar-refractivity contribution in [2.75, 3.05) is 0 Å². The molecule has 8 heavy (non-hydrogen) atoms. The zero-order valence-corrected chi connectivity index (χ0v) is 5.56. The molecule has 0 bridgehead atoms. The van der Waals surface area contributed by atoms with Gasteiger partial charge in [0.05, 0.1) is 18.2 Å². The van der Waals surface area contributed by atoms with Gasteiger partial charge >= 0.3 is 0 Å². The molecule has 1 atom stereocenters. The molecule has 3 N–H and O–H groups in total. The molecule has 0 fully saturated rings. The maximum atomic E-state index is 8.77. The first-order valence-electron chi connectivity index (χ1n) is 2.38. The Kier molecular flexibility index (Phi) is 5.05. The first kappa shape index (κ1) is 7.94. The fourth-order valence-electron chi connectivity index (χ4n) is 0.211. The largest absolute Gasteiger partial charge is 0.387 e. The van der Waals surface area contributed by atoms with Crippen molar-refractivity contribution in [3.05, 3.63) is 0 Å². The highest BCUT2D eigenvalue weighted by molar-refractivity contribution is 7.95. The summed E-state index contributed by atoms with van der Waals surface area (Å²) in [6, 6.07) is 0. The predicted molar refractivity (Wildman–Crippen MR) is 36.6 cm³/mol. The normalized spacial score (nSPS) is 14.9. The van der Waals surface area contributed by atoms with E-state index in [-0.39, 0.29) is 0 Å². The average molecular weight is 134 g/mol. The van der Waals surface area contributed by atoms with Crippen molar-refractivity contribution < 1.29 is 5.11 Å². The quantitative estimate of drug-likeness (QED) is 0.432. The van der Waals surface area contributed by atoms with E-state index in [9.17, 15) is 0 Å². The van der Waals surface area contributed by atoms with Crippen LogP contribution in [0.15, 0.2) is 4.40 Å². The summed E-state index contributed by atoms with van der Waals surface area (Å²) in [5, 5.41) is 13.7. The number of hydrogen-bond acceptors (Lipinski definition) is 4. The lowest BCUT2D eigenvalue weighted by Crippen LogP contribution is -2.04. The second-order valence-corrected chi connectivity index (χ2v) is 1.76. The molecule has 1 unspecified atom stereocenters. The van der Waals surface area contributed by atoms with Gasteiger partial charge < -0.3 is 5.11 Å². The lowest BCUT2D eigenvalue weighted by atomic mass is 10.3. The Morgan fingerprint density at radius 2 is 2.62 bits per heavy atom. The zero-order chi connectivity index (χ0) is 6.41. The molecule has 48 valence electrons. The number of nitrogens with two attached hydrogens (primary N) is 1. The lowest BCUT2D eigenvalue weighted by Gasteiger charge is -1.94. The summed E-state index contributed by atoms with van der Waals surface area (Å²) >= 11 is 0.855. The molecule has 0 heterocycles. The van der Waals surface area contributed by atoms with Crippen molar-refractivity contribution in [1.82, 2.24) is 0 Å². The van der Waals surface area contributed by atoms with Crippen LogP contribution in [0.1, 0.15) is 13.3 Å². The highest BCUT2D eigenvalue weighted by Crippen LogP contribution is 1.89. The van der Waals surface area contributed by atoms with Crippen molar-refractivity contribution in [3.8, 4) is 0 Å². The fraction of sp³-hybridized carbons (Fsp3) is 0.750. The molecule has 0 saturated heterocycles. The van der Waals surface area contributed by atoms with E-state index in [0.717, 1.165) is 12.1 Å². The lowest BCUT2D eigenvalue weighted by molar-refractivity contribution is 0.242. The number of aliphatic hydroxyl groups excluding tert-OH is 1. The molecule has 4 heteroatoms. The molecular weight excluding hydrogens is 124 g/mol. The second-order valence-electron chi connectivity index (χ2n) is 1.34. The van der Waals surface area contributed by atoms with Gasteiger partial charge in [-0.2, -0.15) is 0 Å². The van der Waals surface area contributed by atoms with Crippen LogP contribution in [0.3, 0.4) is 0 Å². The van der Waals surface area contributed by atoms with E-state index in [1.807, 2.05) is 6.92 Å². The third-order valence-electron chi connectivity index (χ3n) is 0.712. The van der Waals surface area contributed by atoms with Crippen LogP contribution in [0.5, 0.6) is 0 Å². The topological polar surface area (TPSA) is 58.6 Å². The summed E-state index contributed by atoms with van der Waals surface area (Å²) in [5.41, 5.74) is 0. The molecule has 0 radical (unpaired) electrons. The van der Waals surface area contributed by atoms with Crippen molar-refractivity contribution in [3.63, 3.8) is 0 Å². The Bertz CT molecular complexity index is 76.4. The number of aliphatic hydroxyl groups is 1. The summed E-state index contributed by atoms with van der Waals surface area (Å²) in [4.78, 5) is 0. The molecule has 0 aliphatic rings. The summed E-state index contributed by atoms with van der Waals surface area (Å²) in [5.74, 6) is 0. The van der Waals surface area contributed by atoms with Crippen LogP contribution >= 0.6 is 12.1 Å². The van der Waals surface area contributed by atoms with Gasteiger partial charge in [-0.15, -0.1) is 0 Å². The van der Waals surface area contributed by atoms with Crippen molar-refractivity contribution >= 4 is 18.3 Å². The van der Waals surface area contributed by atoms with Gasteiger partial charge in [-0.3, -0.25) is 5.14 Å². The molecule has 0 aliphatic heterocycles. The van der Waals surface area contributed by atoms with E-state index in [1.165, 1.54) is 6.21 Å². The first-order chi connectivity index (χ1) is 3.81. The van der Waals surface area contributed by atoms with Crippen LogP contribution in [-0.4, -0.2) is 17.4 Å². The molecule has 3 nitrogen and oxygen atoms in total. The van der Waals surface area contributed by atoms with Crippen LogP contribution in [0, 0.1) is 0 Å². The minimum Gasteiger partial charge on any atom is -0.387 e. The van der Waals surface area contributed by atoms with Gasteiger partial charge in [0.15, 0.2) is 0 Å². The van der Waals surface area contributed by atoms with Gasteiger partial charge in [0.2, 0.25) is 0 Å². The van der Waals surface area contributed by atoms with Gasteiger partial charge in [0, 0.05) is 6.21 Å². The number of nitrogens with zero attached hydrogens (tertiary/aromatic N) is 1. The van der Waals surface area contributed by atoms with E-state index in [0.29, 0.717) is 6.42 Å². The molecule has 0 spiro atoms. The van der Waals surface area contributed by atoms with E-state index in [1.54, 1.807) is 0 Å². The SMILES string of the molecule is CCC(O)/C=N\SN. The number of rotatable bonds is 3. The van der Waals surface area contributed by atoms with E-state index in [4.69, 9.17) is 10.2 Å². The smallest absolute Gasteiger partial charge is 0.0895 e. The highest BCUT2D eigenvalue weighted by Gasteiger charge is 1.90. The van der Waals surface area contributed by atoms with Gasteiger partial charge in [0.1, 0.15) is 0 Å². The molecule has 0 rings (SSSR count). The minimum absolute atomic E-state index is 0.439. The zero-order valence-electron chi connectivity index (χ0n) is 4.74. The molecule has 0 aliphatic carbocycles. The second kappa shape index (κ2) is 5.08. The Hall–Kier alpha value is -0.0600. The number of hydrogen-bond donors (Lipinski definition) is 2. The Morgan fingerprint density at radius 3 is 3.00 bits per heavy atom.